The SMILES string of the molecule is COc1ccc(N2C(=O)C(CC(=O)Nc3ccccc3OC)N(Cc3ccccc3Cl)C2=S)cc1. The number of anilines is 2. The molecule has 35 heavy (non-hydrogen) atoms. The highest BCUT2D eigenvalue weighted by molar-refractivity contribution is 7.80. The Labute approximate surface area is 214 Å². The molecule has 1 N–H and O–H groups in total. The lowest BCUT2D eigenvalue weighted by Crippen LogP contribution is -2.37. The number of hydrogen-bond donors (Lipinski definition) is 1. The number of benzene rings is 3. The molecule has 3 aromatic carbocycles. The van der Waals surface area contributed by atoms with Crippen LogP contribution in [0.4, 0.5) is 11.4 Å². The Balaban J connectivity index is 1.62. The summed E-state index contributed by atoms with van der Waals surface area (Å²) in [6, 6.07) is 20.7. The van der Waals surface area contributed by atoms with Gasteiger partial charge in [-0.05, 0) is 60.2 Å². The Kier molecular flexibility index (Phi) is 7.53. The van der Waals surface area contributed by atoms with E-state index in [-0.39, 0.29) is 24.8 Å². The minimum Gasteiger partial charge on any atom is -0.497 e. The lowest BCUT2D eigenvalue weighted by molar-refractivity contribution is -0.124. The van der Waals surface area contributed by atoms with Gasteiger partial charge in [0.1, 0.15) is 17.5 Å². The summed E-state index contributed by atoms with van der Waals surface area (Å²) < 4.78 is 10.5. The lowest BCUT2D eigenvalue weighted by Gasteiger charge is -2.24. The number of nitrogens with one attached hydrogen (secondary N) is 1. The van der Waals surface area contributed by atoms with Crippen LogP contribution in [0.2, 0.25) is 5.02 Å². The van der Waals surface area contributed by atoms with Crippen LogP contribution in [0, 0.1) is 0 Å². The van der Waals surface area contributed by atoms with Crippen molar-refractivity contribution in [3.63, 3.8) is 0 Å². The van der Waals surface area contributed by atoms with E-state index in [1.165, 1.54) is 12.0 Å². The number of amides is 2. The highest BCUT2D eigenvalue weighted by Gasteiger charge is 2.44. The van der Waals surface area contributed by atoms with E-state index in [0.717, 1.165) is 5.56 Å². The Bertz CT molecular complexity index is 1250. The fraction of sp³-hybridized carbons (Fsp3) is 0.192. The second-order valence-electron chi connectivity index (χ2n) is 7.84. The molecule has 180 valence electrons. The minimum absolute atomic E-state index is 0.103. The molecular formula is C26H24ClN3O4S. The zero-order chi connectivity index (χ0) is 24.9. The van der Waals surface area contributed by atoms with Crippen molar-refractivity contribution in [2.75, 3.05) is 24.4 Å². The van der Waals surface area contributed by atoms with Gasteiger partial charge in [-0.15, -0.1) is 0 Å². The highest BCUT2D eigenvalue weighted by Crippen LogP contribution is 2.31. The molecule has 3 aromatic rings. The molecule has 0 radical (unpaired) electrons. The highest BCUT2D eigenvalue weighted by atomic mass is 35.5. The van der Waals surface area contributed by atoms with Crippen molar-refractivity contribution >= 4 is 52.1 Å². The number of methoxy groups -OCH3 is 2. The summed E-state index contributed by atoms with van der Waals surface area (Å²) >= 11 is 12.1. The molecule has 1 aliphatic rings. The van der Waals surface area contributed by atoms with Crippen LogP contribution in [0.15, 0.2) is 72.8 Å². The van der Waals surface area contributed by atoms with Crippen LogP contribution < -0.4 is 19.7 Å². The molecule has 0 aromatic heterocycles. The quantitative estimate of drug-likeness (QED) is 0.436. The monoisotopic (exact) mass is 509 g/mol. The maximum absolute atomic E-state index is 13.6. The standard InChI is InChI=1S/C26H24ClN3O4S/c1-33-19-13-11-18(12-14-19)30-25(32)22(15-24(31)28-21-9-5-6-10-23(21)34-2)29(26(30)35)16-17-7-3-4-8-20(17)27/h3-14,22H,15-16H2,1-2H3,(H,28,31). The Morgan fingerprint density at radius 1 is 1.00 bits per heavy atom. The number of ether oxygens (including phenoxy) is 2. The zero-order valence-corrected chi connectivity index (χ0v) is 20.8. The lowest BCUT2D eigenvalue weighted by atomic mass is 10.1. The third-order valence-corrected chi connectivity index (χ3v) is 6.49. The Morgan fingerprint density at radius 2 is 1.69 bits per heavy atom. The van der Waals surface area contributed by atoms with E-state index in [9.17, 15) is 9.59 Å². The van der Waals surface area contributed by atoms with Gasteiger partial charge in [0.25, 0.3) is 5.91 Å². The topological polar surface area (TPSA) is 71.1 Å². The second kappa shape index (κ2) is 10.8. The largest absolute Gasteiger partial charge is 0.497 e. The number of para-hydroxylation sites is 2. The molecule has 1 saturated heterocycles. The molecule has 1 unspecified atom stereocenters. The number of carbonyl (C=O) groups is 2. The van der Waals surface area contributed by atoms with Gasteiger partial charge in [0.2, 0.25) is 5.91 Å². The number of nitrogens with zero attached hydrogens (tertiary/aromatic N) is 2. The van der Waals surface area contributed by atoms with Gasteiger partial charge in [-0.25, -0.2) is 0 Å². The third kappa shape index (κ3) is 5.23. The molecule has 1 atom stereocenters. The normalized spacial score (nSPS) is 15.3. The van der Waals surface area contributed by atoms with Crippen molar-refractivity contribution in [2.24, 2.45) is 0 Å². The molecule has 2 amide bonds. The van der Waals surface area contributed by atoms with Crippen LogP contribution in [-0.4, -0.2) is 42.1 Å². The van der Waals surface area contributed by atoms with Crippen molar-refractivity contribution in [2.45, 2.75) is 19.0 Å². The maximum Gasteiger partial charge on any atom is 0.256 e. The minimum atomic E-state index is -0.810. The summed E-state index contributed by atoms with van der Waals surface area (Å²) in [4.78, 5) is 29.8. The van der Waals surface area contributed by atoms with Crippen LogP contribution in [0.1, 0.15) is 12.0 Å². The van der Waals surface area contributed by atoms with E-state index < -0.39 is 6.04 Å². The van der Waals surface area contributed by atoms with Crippen LogP contribution in [0.5, 0.6) is 11.5 Å². The first-order valence-electron chi connectivity index (χ1n) is 10.9. The predicted molar refractivity (Wildman–Crippen MR) is 140 cm³/mol. The summed E-state index contributed by atoms with van der Waals surface area (Å²) in [6.07, 6.45) is -0.103. The summed E-state index contributed by atoms with van der Waals surface area (Å²) in [5.41, 5.74) is 1.92. The Morgan fingerprint density at radius 3 is 2.37 bits per heavy atom. The smallest absolute Gasteiger partial charge is 0.256 e. The van der Waals surface area contributed by atoms with Gasteiger partial charge in [-0.3, -0.25) is 14.5 Å². The average Bonchev–Trinajstić information content (AvgIpc) is 3.09. The number of rotatable bonds is 8. The van der Waals surface area contributed by atoms with E-state index in [2.05, 4.69) is 5.32 Å². The van der Waals surface area contributed by atoms with E-state index in [4.69, 9.17) is 33.3 Å². The first kappa shape index (κ1) is 24.5. The van der Waals surface area contributed by atoms with Gasteiger partial charge in [0.05, 0.1) is 32.0 Å². The molecule has 0 aliphatic carbocycles. The van der Waals surface area contributed by atoms with Crippen LogP contribution in [-0.2, 0) is 16.1 Å². The fourth-order valence-electron chi connectivity index (χ4n) is 3.92. The summed E-state index contributed by atoms with van der Waals surface area (Å²) in [5, 5.41) is 3.70. The van der Waals surface area contributed by atoms with Crippen LogP contribution in [0.3, 0.4) is 0 Å². The predicted octanol–water partition coefficient (Wildman–Crippen LogP) is 4.89. The van der Waals surface area contributed by atoms with Crippen molar-refractivity contribution in [3.8, 4) is 11.5 Å². The number of hydrogen-bond acceptors (Lipinski definition) is 5. The van der Waals surface area contributed by atoms with Gasteiger partial charge in [-0.2, -0.15) is 0 Å². The second-order valence-corrected chi connectivity index (χ2v) is 8.61. The van der Waals surface area contributed by atoms with Crippen molar-refractivity contribution < 1.29 is 19.1 Å². The van der Waals surface area contributed by atoms with Crippen molar-refractivity contribution in [1.29, 1.82) is 0 Å². The molecule has 1 fully saturated rings. The third-order valence-electron chi connectivity index (χ3n) is 5.71. The molecule has 0 spiro atoms. The van der Waals surface area contributed by atoms with Crippen molar-refractivity contribution in [1.82, 2.24) is 4.90 Å². The van der Waals surface area contributed by atoms with Gasteiger partial charge in [0.15, 0.2) is 5.11 Å². The first-order chi connectivity index (χ1) is 16.9. The van der Waals surface area contributed by atoms with E-state index in [0.29, 0.717) is 33.0 Å². The van der Waals surface area contributed by atoms with Crippen molar-refractivity contribution in [3.05, 3.63) is 83.4 Å². The van der Waals surface area contributed by atoms with E-state index in [1.54, 1.807) is 60.5 Å². The van der Waals surface area contributed by atoms with E-state index >= 15 is 0 Å². The molecule has 9 heteroatoms. The van der Waals surface area contributed by atoms with Gasteiger partial charge in [0, 0.05) is 11.6 Å². The zero-order valence-electron chi connectivity index (χ0n) is 19.2. The molecular weight excluding hydrogens is 486 g/mol. The van der Waals surface area contributed by atoms with Gasteiger partial charge < -0.3 is 19.7 Å². The number of carbonyl (C=O) groups excluding carboxylic acids is 2. The fourth-order valence-corrected chi connectivity index (χ4v) is 4.50. The molecule has 1 heterocycles. The molecule has 4 rings (SSSR count). The molecule has 1 aliphatic heterocycles. The average molecular weight is 510 g/mol. The first-order valence-corrected chi connectivity index (χ1v) is 11.7. The molecule has 0 saturated carbocycles. The summed E-state index contributed by atoms with van der Waals surface area (Å²) in [6.45, 7) is 0.281. The number of halogens is 1. The van der Waals surface area contributed by atoms with Gasteiger partial charge >= 0.3 is 0 Å². The molecule has 7 nitrogen and oxygen atoms in total. The summed E-state index contributed by atoms with van der Waals surface area (Å²) in [5.74, 6) is 0.563. The summed E-state index contributed by atoms with van der Waals surface area (Å²) in [7, 11) is 3.10. The van der Waals surface area contributed by atoms with Crippen LogP contribution >= 0.6 is 23.8 Å². The maximum atomic E-state index is 13.6. The molecule has 0 bridgehead atoms. The Hall–Kier alpha value is -3.62. The van der Waals surface area contributed by atoms with Crippen LogP contribution in [0.25, 0.3) is 0 Å². The number of thiocarbonyl (C=S) groups is 1. The van der Waals surface area contributed by atoms with Gasteiger partial charge in [-0.1, -0.05) is 41.9 Å². The van der Waals surface area contributed by atoms with E-state index in [1.807, 2.05) is 24.3 Å².